The van der Waals surface area contributed by atoms with Gasteiger partial charge in [-0.2, -0.15) is 0 Å². The van der Waals surface area contributed by atoms with Gasteiger partial charge in [0.15, 0.2) is 6.04 Å². The second kappa shape index (κ2) is 4.59. The maximum absolute atomic E-state index is 12.0. The molecule has 1 aliphatic heterocycles. The maximum Gasteiger partial charge on any atom is 0.348 e. The summed E-state index contributed by atoms with van der Waals surface area (Å²) in [4.78, 5) is 45.4. The number of nitrogens with zero attached hydrogens (tertiary/aromatic N) is 3. The standard InChI is InChI=1S/C10H11N3O6/c14-7(15)3-5-11-9(18)12-4-1-2-6(8(16)17)13(12)10(11)19/h1-2,6H,3-5H2,(H,14,15)(H,16,17)/t6-/m0/s1. The fraction of sp³-hybridized carbons (Fsp3) is 0.400. The van der Waals surface area contributed by atoms with Crippen molar-refractivity contribution in [1.82, 2.24) is 13.9 Å². The Balaban J connectivity index is 2.52. The zero-order valence-corrected chi connectivity index (χ0v) is 9.72. The van der Waals surface area contributed by atoms with E-state index in [-0.39, 0.29) is 19.5 Å². The summed E-state index contributed by atoms with van der Waals surface area (Å²) in [6.45, 7) is -0.204. The first-order valence-corrected chi connectivity index (χ1v) is 5.47. The van der Waals surface area contributed by atoms with Crippen molar-refractivity contribution in [3.63, 3.8) is 0 Å². The molecule has 1 atom stereocenters. The van der Waals surface area contributed by atoms with Crippen LogP contribution in [0.3, 0.4) is 0 Å². The van der Waals surface area contributed by atoms with Gasteiger partial charge in [0, 0.05) is 6.54 Å². The van der Waals surface area contributed by atoms with Crippen LogP contribution in [0.5, 0.6) is 0 Å². The molecular weight excluding hydrogens is 258 g/mol. The van der Waals surface area contributed by atoms with E-state index in [9.17, 15) is 19.2 Å². The number of carbonyl (C=O) groups is 2. The molecule has 0 unspecified atom stereocenters. The summed E-state index contributed by atoms with van der Waals surface area (Å²) in [5.41, 5.74) is -1.52. The smallest absolute Gasteiger partial charge is 0.348 e. The lowest BCUT2D eigenvalue weighted by Gasteiger charge is -2.16. The molecule has 19 heavy (non-hydrogen) atoms. The molecule has 0 saturated heterocycles. The Morgan fingerprint density at radius 2 is 1.95 bits per heavy atom. The van der Waals surface area contributed by atoms with Crippen molar-refractivity contribution >= 4 is 11.9 Å². The molecule has 0 aromatic carbocycles. The minimum Gasteiger partial charge on any atom is -0.481 e. The van der Waals surface area contributed by atoms with E-state index in [0.717, 1.165) is 13.9 Å². The Morgan fingerprint density at radius 1 is 1.26 bits per heavy atom. The topological polar surface area (TPSA) is 124 Å². The summed E-state index contributed by atoms with van der Waals surface area (Å²) >= 11 is 0. The lowest BCUT2D eigenvalue weighted by atomic mass is 10.2. The van der Waals surface area contributed by atoms with Crippen molar-refractivity contribution in [2.45, 2.75) is 25.6 Å². The fourth-order valence-corrected chi connectivity index (χ4v) is 1.93. The zero-order chi connectivity index (χ0) is 14.2. The van der Waals surface area contributed by atoms with Crippen molar-refractivity contribution in [2.75, 3.05) is 0 Å². The van der Waals surface area contributed by atoms with Crippen LogP contribution >= 0.6 is 0 Å². The molecule has 0 spiro atoms. The highest BCUT2D eigenvalue weighted by atomic mass is 16.4. The third-order valence-electron chi connectivity index (χ3n) is 2.80. The van der Waals surface area contributed by atoms with Crippen LogP contribution in [0.4, 0.5) is 0 Å². The molecule has 102 valence electrons. The van der Waals surface area contributed by atoms with E-state index in [2.05, 4.69) is 0 Å². The first kappa shape index (κ1) is 12.9. The van der Waals surface area contributed by atoms with Gasteiger partial charge < -0.3 is 10.2 Å². The van der Waals surface area contributed by atoms with Gasteiger partial charge in [-0.25, -0.2) is 28.3 Å². The van der Waals surface area contributed by atoms with Gasteiger partial charge >= 0.3 is 23.3 Å². The average Bonchev–Trinajstić information content (AvgIpc) is 2.59. The van der Waals surface area contributed by atoms with E-state index < -0.39 is 29.4 Å². The predicted octanol–water partition coefficient (Wildman–Crippen LogP) is -1.52. The van der Waals surface area contributed by atoms with Crippen molar-refractivity contribution in [3.8, 4) is 0 Å². The Labute approximate surface area is 105 Å². The van der Waals surface area contributed by atoms with Crippen LogP contribution in [0.15, 0.2) is 21.7 Å². The Morgan fingerprint density at radius 3 is 2.53 bits per heavy atom. The molecule has 1 aromatic heterocycles. The van der Waals surface area contributed by atoms with Gasteiger partial charge in [0.2, 0.25) is 0 Å². The molecule has 2 heterocycles. The minimum atomic E-state index is -1.26. The molecule has 0 bridgehead atoms. The number of carboxylic acid groups (broad SMARTS) is 2. The number of hydrogen-bond acceptors (Lipinski definition) is 4. The van der Waals surface area contributed by atoms with Gasteiger partial charge in [-0.3, -0.25) is 4.79 Å². The van der Waals surface area contributed by atoms with Crippen molar-refractivity contribution in [2.24, 2.45) is 0 Å². The molecule has 1 aliphatic rings. The molecule has 2 rings (SSSR count). The first-order valence-electron chi connectivity index (χ1n) is 5.47. The quantitative estimate of drug-likeness (QED) is 0.640. The summed E-state index contributed by atoms with van der Waals surface area (Å²) in [7, 11) is 0. The molecule has 0 radical (unpaired) electrons. The average molecular weight is 269 g/mol. The second-order valence-electron chi connectivity index (χ2n) is 4.00. The number of carboxylic acids is 2. The van der Waals surface area contributed by atoms with E-state index >= 15 is 0 Å². The minimum absolute atomic E-state index is 0.0813. The van der Waals surface area contributed by atoms with Crippen LogP contribution in [0.1, 0.15) is 12.5 Å². The largest absolute Gasteiger partial charge is 0.481 e. The molecule has 9 nitrogen and oxygen atoms in total. The van der Waals surface area contributed by atoms with E-state index in [4.69, 9.17) is 10.2 Å². The number of aliphatic carboxylic acids is 2. The normalized spacial score (nSPS) is 17.2. The third kappa shape index (κ3) is 2.09. The van der Waals surface area contributed by atoms with Gasteiger partial charge in [0.25, 0.3) is 0 Å². The molecule has 9 heteroatoms. The summed E-state index contributed by atoms with van der Waals surface area (Å²) in [5.74, 6) is -2.41. The number of rotatable bonds is 4. The van der Waals surface area contributed by atoms with E-state index in [1.807, 2.05) is 0 Å². The van der Waals surface area contributed by atoms with Gasteiger partial charge in [-0.05, 0) is 0 Å². The lowest BCUT2D eigenvalue weighted by molar-refractivity contribution is -0.140. The van der Waals surface area contributed by atoms with Crippen LogP contribution in [0, 0.1) is 0 Å². The molecule has 1 aromatic rings. The number of hydrogen-bond donors (Lipinski definition) is 2. The molecule has 2 N–H and O–H groups in total. The van der Waals surface area contributed by atoms with Crippen LogP contribution < -0.4 is 11.4 Å². The molecule has 0 fully saturated rings. The van der Waals surface area contributed by atoms with Crippen molar-refractivity contribution < 1.29 is 19.8 Å². The molecule has 0 saturated carbocycles. The highest BCUT2D eigenvalue weighted by molar-refractivity contribution is 5.74. The highest BCUT2D eigenvalue weighted by Crippen LogP contribution is 2.09. The number of allylic oxidation sites excluding steroid dienone is 1. The van der Waals surface area contributed by atoms with Gasteiger partial charge in [0.1, 0.15) is 0 Å². The molecule has 0 aliphatic carbocycles. The van der Waals surface area contributed by atoms with Crippen LogP contribution in [-0.2, 0) is 22.7 Å². The number of aromatic nitrogens is 3. The lowest BCUT2D eigenvalue weighted by Crippen LogP contribution is -2.36. The SMILES string of the molecule is O=C(O)CCn1c(=O)n2n(c1=O)[C@H](C(=O)O)C=CC2. The Hall–Kier alpha value is -2.58. The van der Waals surface area contributed by atoms with E-state index in [1.165, 1.54) is 12.2 Å². The van der Waals surface area contributed by atoms with Crippen molar-refractivity contribution in [1.29, 1.82) is 0 Å². The van der Waals surface area contributed by atoms with E-state index in [0.29, 0.717) is 0 Å². The van der Waals surface area contributed by atoms with Gasteiger partial charge in [0.05, 0.1) is 13.0 Å². The second-order valence-corrected chi connectivity index (χ2v) is 4.00. The van der Waals surface area contributed by atoms with Crippen LogP contribution in [0.2, 0.25) is 0 Å². The zero-order valence-electron chi connectivity index (χ0n) is 9.72. The van der Waals surface area contributed by atoms with Crippen LogP contribution in [-0.4, -0.2) is 36.1 Å². The number of fused-ring (bicyclic) bond motifs is 1. The summed E-state index contributed by atoms with van der Waals surface area (Å²) in [6, 6.07) is -1.25. The maximum atomic E-state index is 12.0. The fourth-order valence-electron chi connectivity index (χ4n) is 1.93. The Kier molecular flexibility index (Phi) is 3.11. The highest BCUT2D eigenvalue weighted by Gasteiger charge is 2.27. The summed E-state index contributed by atoms with van der Waals surface area (Å²) < 4.78 is 2.55. The Bertz CT molecular complexity index is 676. The van der Waals surface area contributed by atoms with Gasteiger partial charge in [-0.1, -0.05) is 12.2 Å². The predicted molar refractivity (Wildman–Crippen MR) is 61.0 cm³/mol. The van der Waals surface area contributed by atoms with E-state index in [1.54, 1.807) is 0 Å². The monoisotopic (exact) mass is 269 g/mol. The van der Waals surface area contributed by atoms with Crippen molar-refractivity contribution in [3.05, 3.63) is 33.1 Å². The summed E-state index contributed by atoms with van der Waals surface area (Å²) in [6.07, 6.45) is 2.40. The molecular formula is C10H11N3O6. The van der Waals surface area contributed by atoms with Gasteiger partial charge in [-0.15, -0.1) is 0 Å². The third-order valence-corrected chi connectivity index (χ3v) is 2.80. The first-order chi connectivity index (χ1) is 8.93. The van der Waals surface area contributed by atoms with Crippen LogP contribution in [0.25, 0.3) is 0 Å². The molecule has 0 amide bonds. The summed E-state index contributed by atoms with van der Waals surface area (Å²) in [5, 5.41) is 17.6.